The Bertz CT molecular complexity index is 1000. The normalized spacial score (nSPS) is 11.2. The van der Waals surface area contributed by atoms with Crippen molar-refractivity contribution < 1.29 is 4.39 Å². The average Bonchev–Trinajstić information content (AvgIpc) is 3.33. The van der Waals surface area contributed by atoms with Crippen molar-refractivity contribution in [3.05, 3.63) is 83.9 Å². The molecule has 2 N–H and O–H groups in total. The van der Waals surface area contributed by atoms with Gasteiger partial charge in [0.05, 0.1) is 23.8 Å². The van der Waals surface area contributed by atoms with Crippen molar-refractivity contribution in [2.24, 2.45) is 0 Å². The first-order valence-corrected chi connectivity index (χ1v) is 8.75. The number of hydrogen-bond donors (Lipinski definition) is 2. The van der Waals surface area contributed by atoms with Gasteiger partial charge in [0, 0.05) is 29.8 Å². The van der Waals surface area contributed by atoms with Gasteiger partial charge in [-0.05, 0) is 36.9 Å². The molecular formula is C21H20FN5. The molecule has 0 saturated heterocycles. The number of H-pyrrole nitrogens is 2. The van der Waals surface area contributed by atoms with Crippen LogP contribution in [-0.2, 0) is 13.1 Å². The van der Waals surface area contributed by atoms with Gasteiger partial charge in [0.2, 0.25) is 0 Å². The molecule has 0 spiro atoms. The van der Waals surface area contributed by atoms with Crippen LogP contribution in [0.25, 0.3) is 22.5 Å². The fraction of sp³-hybridized carbons (Fsp3) is 0.143. The molecule has 2 aromatic carbocycles. The van der Waals surface area contributed by atoms with Gasteiger partial charge in [-0.1, -0.05) is 30.3 Å². The van der Waals surface area contributed by atoms with Crippen LogP contribution in [0.3, 0.4) is 0 Å². The molecule has 0 aliphatic heterocycles. The molecular weight excluding hydrogens is 341 g/mol. The summed E-state index contributed by atoms with van der Waals surface area (Å²) in [6, 6.07) is 16.6. The molecule has 0 aliphatic carbocycles. The highest BCUT2D eigenvalue weighted by atomic mass is 19.1. The molecule has 4 aromatic rings. The van der Waals surface area contributed by atoms with E-state index in [2.05, 4.69) is 44.5 Å². The first kappa shape index (κ1) is 17.2. The molecule has 27 heavy (non-hydrogen) atoms. The molecule has 0 bridgehead atoms. The Morgan fingerprint density at radius 1 is 0.778 bits per heavy atom. The summed E-state index contributed by atoms with van der Waals surface area (Å²) in [5, 5.41) is 14.5. The van der Waals surface area contributed by atoms with Gasteiger partial charge in [-0.25, -0.2) is 4.39 Å². The molecule has 0 fully saturated rings. The van der Waals surface area contributed by atoms with E-state index in [9.17, 15) is 4.39 Å². The fourth-order valence-corrected chi connectivity index (χ4v) is 3.22. The minimum atomic E-state index is -0.245. The number of aromatic nitrogens is 4. The molecule has 0 atom stereocenters. The number of benzene rings is 2. The summed E-state index contributed by atoms with van der Waals surface area (Å²) in [7, 11) is 2.06. The van der Waals surface area contributed by atoms with Crippen LogP contribution in [0.1, 0.15) is 11.1 Å². The average molecular weight is 361 g/mol. The topological polar surface area (TPSA) is 60.6 Å². The van der Waals surface area contributed by atoms with E-state index >= 15 is 0 Å². The third-order valence-corrected chi connectivity index (χ3v) is 4.51. The van der Waals surface area contributed by atoms with E-state index in [1.807, 2.05) is 30.6 Å². The Balaban J connectivity index is 1.50. The van der Waals surface area contributed by atoms with Crippen molar-refractivity contribution in [3.63, 3.8) is 0 Å². The quantitative estimate of drug-likeness (QED) is 0.540. The zero-order chi connectivity index (χ0) is 18.6. The van der Waals surface area contributed by atoms with Crippen molar-refractivity contribution in [2.75, 3.05) is 7.05 Å². The van der Waals surface area contributed by atoms with Crippen LogP contribution in [-0.4, -0.2) is 32.3 Å². The van der Waals surface area contributed by atoms with Gasteiger partial charge in [-0.3, -0.25) is 15.1 Å². The molecule has 0 amide bonds. The van der Waals surface area contributed by atoms with Crippen LogP contribution in [0.5, 0.6) is 0 Å². The minimum Gasteiger partial charge on any atom is -0.298 e. The molecule has 2 heterocycles. The van der Waals surface area contributed by atoms with Crippen LogP contribution in [0.2, 0.25) is 0 Å². The second-order valence-electron chi connectivity index (χ2n) is 6.59. The van der Waals surface area contributed by atoms with E-state index in [0.29, 0.717) is 6.54 Å². The maximum atomic E-state index is 13.2. The zero-order valence-corrected chi connectivity index (χ0v) is 15.0. The monoisotopic (exact) mass is 361 g/mol. The molecule has 0 aliphatic rings. The summed E-state index contributed by atoms with van der Waals surface area (Å²) in [5.41, 5.74) is 6.19. The zero-order valence-electron chi connectivity index (χ0n) is 15.0. The molecule has 0 unspecified atom stereocenters. The van der Waals surface area contributed by atoms with E-state index in [4.69, 9.17) is 0 Å². The lowest BCUT2D eigenvalue weighted by Crippen LogP contribution is -2.17. The maximum absolute atomic E-state index is 13.2. The summed E-state index contributed by atoms with van der Waals surface area (Å²) in [4.78, 5) is 2.20. The molecule has 6 heteroatoms. The number of rotatable bonds is 6. The van der Waals surface area contributed by atoms with Gasteiger partial charge in [0.1, 0.15) is 5.82 Å². The summed E-state index contributed by atoms with van der Waals surface area (Å²) in [6.07, 6.45) is 3.69. The van der Waals surface area contributed by atoms with Crippen LogP contribution < -0.4 is 0 Å². The first-order chi connectivity index (χ1) is 13.2. The van der Waals surface area contributed by atoms with Crippen LogP contribution in [0.15, 0.2) is 67.0 Å². The van der Waals surface area contributed by atoms with Crippen LogP contribution in [0, 0.1) is 5.82 Å². The lowest BCUT2D eigenvalue weighted by Gasteiger charge is -2.17. The predicted octanol–water partition coefficient (Wildman–Crippen LogP) is 4.24. The Hall–Kier alpha value is -3.25. The minimum absolute atomic E-state index is 0.245. The highest BCUT2D eigenvalue weighted by Gasteiger charge is 2.13. The lowest BCUT2D eigenvalue weighted by atomic mass is 10.1. The van der Waals surface area contributed by atoms with Gasteiger partial charge in [-0.15, -0.1) is 0 Å². The third kappa shape index (κ3) is 3.80. The van der Waals surface area contributed by atoms with E-state index in [1.54, 1.807) is 12.1 Å². The summed E-state index contributed by atoms with van der Waals surface area (Å²) < 4.78 is 13.2. The van der Waals surface area contributed by atoms with Gasteiger partial charge in [0.15, 0.2) is 0 Å². The Labute approximate surface area is 156 Å². The summed E-state index contributed by atoms with van der Waals surface area (Å²) in [6.45, 7) is 1.46. The molecule has 2 aromatic heterocycles. The Morgan fingerprint density at radius 2 is 1.30 bits per heavy atom. The second kappa shape index (κ2) is 7.55. The van der Waals surface area contributed by atoms with E-state index in [1.165, 1.54) is 12.1 Å². The highest BCUT2D eigenvalue weighted by Crippen LogP contribution is 2.25. The number of nitrogens with zero attached hydrogens (tertiary/aromatic N) is 3. The highest BCUT2D eigenvalue weighted by molar-refractivity contribution is 5.63. The van der Waals surface area contributed by atoms with Crippen LogP contribution >= 0.6 is 0 Å². The summed E-state index contributed by atoms with van der Waals surface area (Å²) in [5.74, 6) is -0.245. The summed E-state index contributed by atoms with van der Waals surface area (Å²) >= 11 is 0. The van der Waals surface area contributed by atoms with Crippen molar-refractivity contribution in [3.8, 4) is 22.5 Å². The predicted molar refractivity (Wildman–Crippen MR) is 103 cm³/mol. The molecule has 5 nitrogen and oxygen atoms in total. The molecule has 0 saturated carbocycles. The standard InChI is InChI=1S/C21H20FN5/c1-27(13-17-11-23-25-20(17)15-5-3-2-4-6-15)14-18-12-24-26-21(18)16-7-9-19(22)10-8-16/h2-12H,13-14H2,1H3,(H,23,25)(H,24,26). The Kier molecular flexibility index (Phi) is 4.80. The largest absolute Gasteiger partial charge is 0.298 e. The SMILES string of the molecule is CN(Cc1cn[nH]c1-c1ccccc1)Cc1cn[nH]c1-c1ccc(F)cc1. The van der Waals surface area contributed by atoms with Crippen molar-refractivity contribution in [2.45, 2.75) is 13.1 Å². The van der Waals surface area contributed by atoms with E-state index < -0.39 is 0 Å². The van der Waals surface area contributed by atoms with Crippen LogP contribution in [0.4, 0.5) is 4.39 Å². The fourth-order valence-electron chi connectivity index (χ4n) is 3.22. The van der Waals surface area contributed by atoms with E-state index in [0.717, 1.165) is 40.2 Å². The molecule has 0 radical (unpaired) electrons. The van der Waals surface area contributed by atoms with Gasteiger partial charge < -0.3 is 0 Å². The Morgan fingerprint density at radius 3 is 1.85 bits per heavy atom. The van der Waals surface area contributed by atoms with E-state index in [-0.39, 0.29) is 5.82 Å². The van der Waals surface area contributed by atoms with Crippen molar-refractivity contribution >= 4 is 0 Å². The second-order valence-corrected chi connectivity index (χ2v) is 6.59. The smallest absolute Gasteiger partial charge is 0.123 e. The first-order valence-electron chi connectivity index (χ1n) is 8.75. The number of aromatic amines is 2. The van der Waals surface area contributed by atoms with Gasteiger partial charge in [0.25, 0.3) is 0 Å². The molecule has 4 rings (SSSR count). The third-order valence-electron chi connectivity index (χ3n) is 4.51. The number of nitrogens with one attached hydrogen (secondary N) is 2. The van der Waals surface area contributed by atoms with Gasteiger partial charge >= 0.3 is 0 Å². The maximum Gasteiger partial charge on any atom is 0.123 e. The van der Waals surface area contributed by atoms with Crippen molar-refractivity contribution in [1.29, 1.82) is 0 Å². The lowest BCUT2D eigenvalue weighted by molar-refractivity contribution is 0.320. The molecule has 136 valence electrons. The van der Waals surface area contributed by atoms with Crippen molar-refractivity contribution in [1.82, 2.24) is 25.3 Å². The number of hydrogen-bond acceptors (Lipinski definition) is 3. The number of halogens is 1. The van der Waals surface area contributed by atoms with Gasteiger partial charge in [-0.2, -0.15) is 10.2 Å².